The van der Waals surface area contributed by atoms with Crippen LogP contribution in [-0.4, -0.2) is 38.0 Å². The number of fused-ring (bicyclic) bond motifs is 1. The van der Waals surface area contributed by atoms with Crippen molar-refractivity contribution in [3.63, 3.8) is 0 Å². The number of rotatable bonds is 4. The van der Waals surface area contributed by atoms with E-state index in [0.29, 0.717) is 19.6 Å². The third-order valence-electron chi connectivity index (χ3n) is 2.97. The molecule has 1 aromatic rings. The molecule has 1 atom stereocenters. The number of carbonyl (C=O) groups excluding carboxylic acids is 1. The van der Waals surface area contributed by atoms with E-state index in [1.807, 2.05) is 0 Å². The quantitative estimate of drug-likeness (QED) is 0.851. The molecule has 1 heterocycles. The van der Waals surface area contributed by atoms with Crippen LogP contribution in [0, 0.1) is 5.82 Å². The third-order valence-corrected chi connectivity index (χ3v) is 2.97. The van der Waals surface area contributed by atoms with Gasteiger partial charge in [0.25, 0.3) is 0 Å². The Hall–Kier alpha value is -2.02. The molecular weight excluding hydrogens is 283 g/mol. The number of hydrogen-bond donors (Lipinski definition) is 1. The maximum Gasteiger partial charge on any atom is 0.339 e. The van der Waals surface area contributed by atoms with Crippen LogP contribution in [0.1, 0.15) is 25.0 Å². The van der Waals surface area contributed by atoms with Gasteiger partial charge in [0.05, 0.1) is 32.5 Å². The summed E-state index contributed by atoms with van der Waals surface area (Å²) in [7, 11) is 1.24. The van der Waals surface area contributed by atoms with Crippen LogP contribution < -0.4 is 14.2 Å². The Morgan fingerprint density at radius 1 is 1.48 bits per heavy atom. The molecule has 2 rings (SSSR count). The number of aliphatic hydroxyl groups excluding tert-OH is 1. The first-order chi connectivity index (χ1) is 10.1. The molecule has 1 aromatic carbocycles. The van der Waals surface area contributed by atoms with Crippen LogP contribution in [0.25, 0.3) is 0 Å². The van der Waals surface area contributed by atoms with E-state index in [-0.39, 0.29) is 29.4 Å². The van der Waals surface area contributed by atoms with Gasteiger partial charge < -0.3 is 24.1 Å². The fourth-order valence-corrected chi connectivity index (χ4v) is 2.08. The summed E-state index contributed by atoms with van der Waals surface area (Å²) in [6.45, 7) is 2.37. The van der Waals surface area contributed by atoms with Crippen molar-refractivity contribution in [1.82, 2.24) is 0 Å². The van der Waals surface area contributed by atoms with E-state index in [9.17, 15) is 14.3 Å². The average molecular weight is 300 g/mol. The summed E-state index contributed by atoms with van der Waals surface area (Å²) in [6, 6.07) is 1.11. The van der Waals surface area contributed by atoms with Crippen LogP contribution in [0.2, 0.25) is 0 Å². The summed E-state index contributed by atoms with van der Waals surface area (Å²) in [6.07, 6.45) is -1.11. The van der Waals surface area contributed by atoms with Gasteiger partial charge in [0.15, 0.2) is 29.2 Å². The second-order valence-corrected chi connectivity index (χ2v) is 4.34. The van der Waals surface area contributed by atoms with Crippen molar-refractivity contribution in [2.45, 2.75) is 19.4 Å². The molecule has 1 aliphatic heterocycles. The Bertz CT molecular complexity index is 531. The topological polar surface area (TPSA) is 74.2 Å². The van der Waals surface area contributed by atoms with Crippen LogP contribution in [0.5, 0.6) is 17.2 Å². The Morgan fingerprint density at radius 2 is 2.19 bits per heavy atom. The smallest absolute Gasteiger partial charge is 0.339 e. The van der Waals surface area contributed by atoms with E-state index in [0.717, 1.165) is 6.07 Å². The number of carbonyl (C=O) groups is 1. The average Bonchev–Trinajstić information content (AvgIpc) is 2.70. The number of esters is 1. The number of hydrogen-bond acceptors (Lipinski definition) is 6. The predicted molar refractivity (Wildman–Crippen MR) is 70.2 cm³/mol. The van der Waals surface area contributed by atoms with Crippen LogP contribution in [-0.2, 0) is 9.53 Å². The lowest BCUT2D eigenvalue weighted by Gasteiger charge is -2.19. The largest absolute Gasteiger partial charge is 0.493 e. The molecule has 0 spiro atoms. The van der Waals surface area contributed by atoms with Crippen molar-refractivity contribution in [2.75, 3.05) is 26.9 Å². The second kappa shape index (κ2) is 6.62. The standard InChI is InChI=1S/C14H17FO6/c1-3-19-14(17)11(16)10-12(18-2)8(15)7-9-13(10)21-6-4-5-20-9/h7,11,16H,3-6H2,1-2H3. The SMILES string of the molecule is CCOC(=O)C(O)c1c(OC)c(F)cc2c1OCCCO2. The molecule has 116 valence electrons. The highest BCUT2D eigenvalue weighted by molar-refractivity contribution is 5.79. The first kappa shape index (κ1) is 15.4. The van der Waals surface area contributed by atoms with Gasteiger partial charge in [-0.2, -0.15) is 0 Å². The van der Waals surface area contributed by atoms with Gasteiger partial charge in [0.1, 0.15) is 0 Å². The lowest BCUT2D eigenvalue weighted by Crippen LogP contribution is -2.18. The molecule has 0 aliphatic carbocycles. The van der Waals surface area contributed by atoms with Crippen LogP contribution >= 0.6 is 0 Å². The van der Waals surface area contributed by atoms with E-state index in [1.165, 1.54) is 7.11 Å². The number of benzene rings is 1. The molecule has 6 nitrogen and oxygen atoms in total. The minimum Gasteiger partial charge on any atom is -0.493 e. The number of aliphatic hydroxyl groups is 1. The van der Waals surface area contributed by atoms with Crippen molar-refractivity contribution in [3.8, 4) is 17.2 Å². The van der Waals surface area contributed by atoms with Gasteiger partial charge in [0, 0.05) is 12.5 Å². The summed E-state index contributed by atoms with van der Waals surface area (Å²) in [5.74, 6) is -1.69. The van der Waals surface area contributed by atoms with E-state index in [1.54, 1.807) is 6.92 Å². The highest BCUT2D eigenvalue weighted by Gasteiger charge is 2.32. The molecule has 0 fully saturated rings. The van der Waals surface area contributed by atoms with E-state index in [4.69, 9.17) is 18.9 Å². The van der Waals surface area contributed by atoms with E-state index >= 15 is 0 Å². The minimum atomic E-state index is -1.72. The van der Waals surface area contributed by atoms with Crippen LogP contribution in [0.3, 0.4) is 0 Å². The van der Waals surface area contributed by atoms with Crippen molar-refractivity contribution < 1.29 is 33.2 Å². The fourth-order valence-electron chi connectivity index (χ4n) is 2.08. The number of methoxy groups -OCH3 is 1. The van der Waals surface area contributed by atoms with E-state index < -0.39 is 17.9 Å². The van der Waals surface area contributed by atoms with E-state index in [2.05, 4.69) is 0 Å². The zero-order chi connectivity index (χ0) is 15.4. The summed E-state index contributed by atoms with van der Waals surface area (Å²) in [5, 5.41) is 10.1. The summed E-state index contributed by atoms with van der Waals surface area (Å²) in [5.41, 5.74) is -0.118. The van der Waals surface area contributed by atoms with Crippen LogP contribution in [0.15, 0.2) is 6.07 Å². The maximum absolute atomic E-state index is 14.1. The Kier molecular flexibility index (Phi) is 4.85. The summed E-state index contributed by atoms with van der Waals surface area (Å²) < 4.78 is 34.6. The fraction of sp³-hybridized carbons (Fsp3) is 0.500. The number of ether oxygens (including phenoxy) is 4. The van der Waals surface area contributed by atoms with Crippen LogP contribution in [0.4, 0.5) is 4.39 Å². The minimum absolute atomic E-state index is 0.0903. The molecule has 0 radical (unpaired) electrons. The van der Waals surface area contributed by atoms with Crippen molar-refractivity contribution in [3.05, 3.63) is 17.4 Å². The molecule has 0 saturated heterocycles. The highest BCUT2D eigenvalue weighted by Crippen LogP contribution is 2.44. The molecule has 0 saturated carbocycles. The van der Waals surface area contributed by atoms with Gasteiger partial charge >= 0.3 is 5.97 Å². The molecule has 1 aliphatic rings. The summed E-state index contributed by atoms with van der Waals surface area (Å²) in [4.78, 5) is 11.7. The molecule has 0 amide bonds. The van der Waals surface area contributed by atoms with Gasteiger partial charge in [-0.3, -0.25) is 0 Å². The first-order valence-electron chi connectivity index (χ1n) is 6.60. The Labute approximate surface area is 121 Å². The lowest BCUT2D eigenvalue weighted by atomic mass is 10.1. The molecule has 0 aromatic heterocycles. The first-order valence-corrected chi connectivity index (χ1v) is 6.60. The normalized spacial score (nSPS) is 15.0. The Balaban J connectivity index is 2.55. The molecule has 0 bridgehead atoms. The highest BCUT2D eigenvalue weighted by atomic mass is 19.1. The van der Waals surface area contributed by atoms with Gasteiger partial charge in [-0.25, -0.2) is 9.18 Å². The van der Waals surface area contributed by atoms with Gasteiger partial charge in [-0.1, -0.05) is 0 Å². The van der Waals surface area contributed by atoms with Crippen molar-refractivity contribution in [2.24, 2.45) is 0 Å². The maximum atomic E-state index is 14.1. The van der Waals surface area contributed by atoms with Gasteiger partial charge in [-0.05, 0) is 6.92 Å². The van der Waals surface area contributed by atoms with Crippen molar-refractivity contribution >= 4 is 5.97 Å². The third kappa shape index (κ3) is 3.02. The number of halogens is 1. The zero-order valence-corrected chi connectivity index (χ0v) is 11.8. The molecule has 21 heavy (non-hydrogen) atoms. The molecule has 1 unspecified atom stereocenters. The molecular formula is C14H17FO6. The summed E-state index contributed by atoms with van der Waals surface area (Å²) >= 11 is 0. The molecule has 1 N–H and O–H groups in total. The predicted octanol–water partition coefficient (Wildman–Crippen LogP) is 1.59. The van der Waals surface area contributed by atoms with Gasteiger partial charge in [0.2, 0.25) is 0 Å². The van der Waals surface area contributed by atoms with Crippen molar-refractivity contribution in [1.29, 1.82) is 0 Å². The zero-order valence-electron chi connectivity index (χ0n) is 11.8. The Morgan fingerprint density at radius 3 is 2.86 bits per heavy atom. The monoisotopic (exact) mass is 300 g/mol. The van der Waals surface area contributed by atoms with Gasteiger partial charge in [-0.15, -0.1) is 0 Å². The lowest BCUT2D eigenvalue weighted by molar-refractivity contribution is -0.153. The second-order valence-electron chi connectivity index (χ2n) is 4.34. The molecule has 7 heteroatoms.